The van der Waals surface area contributed by atoms with Gasteiger partial charge in [-0.15, -0.1) is 0 Å². The van der Waals surface area contributed by atoms with Gasteiger partial charge in [0, 0.05) is 12.6 Å². The maximum Gasteiger partial charge on any atom is 0.323 e. The molecule has 1 saturated carbocycles. The fourth-order valence-corrected chi connectivity index (χ4v) is 2.43. The average molecular weight is 242 g/mol. The van der Waals surface area contributed by atoms with Gasteiger partial charge < -0.3 is 15.7 Å². The van der Waals surface area contributed by atoms with E-state index in [1.807, 2.05) is 6.92 Å². The van der Waals surface area contributed by atoms with Gasteiger partial charge in [0.15, 0.2) is 0 Å². The summed E-state index contributed by atoms with van der Waals surface area (Å²) < 4.78 is 0. The van der Waals surface area contributed by atoms with Crippen LogP contribution in [0, 0.1) is 5.92 Å². The fourth-order valence-electron chi connectivity index (χ4n) is 2.43. The number of hydrogen-bond donors (Lipinski definition) is 2. The van der Waals surface area contributed by atoms with Crippen LogP contribution in [-0.2, 0) is 9.59 Å². The van der Waals surface area contributed by atoms with E-state index in [-0.39, 0.29) is 31.0 Å². The van der Waals surface area contributed by atoms with Gasteiger partial charge in [0.25, 0.3) is 0 Å². The lowest BCUT2D eigenvalue weighted by Crippen LogP contribution is -2.46. The van der Waals surface area contributed by atoms with Crippen molar-refractivity contribution in [2.75, 3.05) is 13.1 Å². The number of rotatable bonds is 6. The molecule has 1 aliphatic rings. The maximum atomic E-state index is 12.2. The number of carboxylic acids is 1. The molecule has 1 atom stereocenters. The molecule has 0 saturated heterocycles. The quantitative estimate of drug-likeness (QED) is 0.722. The van der Waals surface area contributed by atoms with Crippen molar-refractivity contribution in [1.82, 2.24) is 4.90 Å². The molecule has 0 aromatic rings. The van der Waals surface area contributed by atoms with Crippen LogP contribution in [0.2, 0.25) is 0 Å². The number of amides is 1. The first-order valence-corrected chi connectivity index (χ1v) is 6.32. The number of carbonyl (C=O) groups is 2. The number of carboxylic acid groups (broad SMARTS) is 1. The summed E-state index contributed by atoms with van der Waals surface area (Å²) in [6.07, 6.45) is 4.65. The molecule has 0 aliphatic heterocycles. The molecule has 0 aromatic heterocycles. The van der Waals surface area contributed by atoms with Crippen LogP contribution in [-0.4, -0.2) is 41.0 Å². The fraction of sp³-hybridized carbons (Fsp3) is 0.833. The zero-order chi connectivity index (χ0) is 12.8. The maximum absolute atomic E-state index is 12.2. The molecule has 0 bridgehead atoms. The lowest BCUT2D eigenvalue weighted by molar-refractivity contribution is -0.148. The van der Waals surface area contributed by atoms with E-state index in [9.17, 15) is 9.59 Å². The Kier molecular flexibility index (Phi) is 5.41. The second-order valence-corrected chi connectivity index (χ2v) is 4.64. The summed E-state index contributed by atoms with van der Waals surface area (Å²) in [5.74, 6) is -1.28. The summed E-state index contributed by atoms with van der Waals surface area (Å²) in [4.78, 5) is 24.6. The number of hydrogen-bond acceptors (Lipinski definition) is 3. The third kappa shape index (κ3) is 3.70. The Morgan fingerprint density at radius 2 is 2.00 bits per heavy atom. The van der Waals surface area contributed by atoms with Crippen LogP contribution in [0.1, 0.15) is 39.0 Å². The molecule has 1 unspecified atom stereocenters. The molecule has 17 heavy (non-hydrogen) atoms. The van der Waals surface area contributed by atoms with E-state index in [4.69, 9.17) is 10.8 Å². The van der Waals surface area contributed by atoms with Gasteiger partial charge in [0.2, 0.25) is 5.91 Å². The first-order valence-electron chi connectivity index (χ1n) is 6.32. The monoisotopic (exact) mass is 242 g/mol. The molecule has 0 heterocycles. The number of nitrogens with zero attached hydrogens (tertiary/aromatic N) is 1. The zero-order valence-electron chi connectivity index (χ0n) is 10.4. The molecule has 0 spiro atoms. The molecule has 5 nitrogen and oxygen atoms in total. The first kappa shape index (κ1) is 14.0. The minimum atomic E-state index is -0.947. The summed E-state index contributed by atoms with van der Waals surface area (Å²) >= 11 is 0. The van der Waals surface area contributed by atoms with E-state index < -0.39 is 5.97 Å². The molecule has 0 aromatic carbocycles. The van der Waals surface area contributed by atoms with Gasteiger partial charge in [-0.2, -0.15) is 0 Å². The van der Waals surface area contributed by atoms with Gasteiger partial charge in [-0.25, -0.2) is 0 Å². The summed E-state index contributed by atoms with van der Waals surface area (Å²) in [6, 6.07) is 0.0965. The molecule has 1 rings (SSSR count). The third-order valence-electron chi connectivity index (χ3n) is 3.48. The first-order chi connectivity index (χ1) is 8.10. The van der Waals surface area contributed by atoms with E-state index in [0.717, 1.165) is 25.7 Å². The summed E-state index contributed by atoms with van der Waals surface area (Å²) in [5, 5.41) is 8.90. The van der Waals surface area contributed by atoms with E-state index in [2.05, 4.69) is 0 Å². The van der Waals surface area contributed by atoms with Crippen LogP contribution >= 0.6 is 0 Å². The van der Waals surface area contributed by atoms with Crippen LogP contribution in [0.3, 0.4) is 0 Å². The SMILES string of the molecule is CCC(CN)C(=O)N(CC(=O)O)C1CCCC1. The Morgan fingerprint density at radius 1 is 1.41 bits per heavy atom. The summed E-state index contributed by atoms with van der Waals surface area (Å²) in [5.41, 5.74) is 5.56. The van der Waals surface area contributed by atoms with Crippen LogP contribution < -0.4 is 5.73 Å². The standard InChI is InChI=1S/C12H22N2O3/c1-2-9(7-13)12(17)14(8-11(15)16)10-5-3-4-6-10/h9-10H,2-8,13H2,1H3,(H,15,16). The Labute approximate surface area is 102 Å². The molecule has 1 fully saturated rings. The minimum absolute atomic E-state index is 0.0932. The van der Waals surface area contributed by atoms with Crippen molar-refractivity contribution in [1.29, 1.82) is 0 Å². The van der Waals surface area contributed by atoms with Crippen molar-refractivity contribution >= 4 is 11.9 Å². The number of aliphatic carboxylic acids is 1. The van der Waals surface area contributed by atoms with Crippen LogP contribution in [0.25, 0.3) is 0 Å². The van der Waals surface area contributed by atoms with Crippen molar-refractivity contribution in [2.24, 2.45) is 11.7 Å². The molecular formula is C12H22N2O3. The Balaban J connectivity index is 2.73. The Morgan fingerprint density at radius 3 is 2.41 bits per heavy atom. The molecule has 3 N–H and O–H groups in total. The number of carbonyl (C=O) groups excluding carboxylic acids is 1. The number of nitrogens with two attached hydrogens (primary N) is 1. The van der Waals surface area contributed by atoms with Gasteiger partial charge in [-0.1, -0.05) is 19.8 Å². The normalized spacial score (nSPS) is 18.0. The largest absolute Gasteiger partial charge is 0.480 e. The van der Waals surface area contributed by atoms with Gasteiger partial charge in [-0.05, 0) is 19.3 Å². The van der Waals surface area contributed by atoms with Crippen molar-refractivity contribution in [3.05, 3.63) is 0 Å². The molecule has 1 aliphatic carbocycles. The zero-order valence-corrected chi connectivity index (χ0v) is 10.4. The predicted octanol–water partition coefficient (Wildman–Crippen LogP) is 0.827. The second kappa shape index (κ2) is 6.59. The van der Waals surface area contributed by atoms with Crippen molar-refractivity contribution in [2.45, 2.75) is 45.1 Å². The predicted molar refractivity (Wildman–Crippen MR) is 64.4 cm³/mol. The smallest absolute Gasteiger partial charge is 0.323 e. The minimum Gasteiger partial charge on any atom is -0.480 e. The second-order valence-electron chi connectivity index (χ2n) is 4.64. The van der Waals surface area contributed by atoms with E-state index >= 15 is 0 Å². The molecule has 5 heteroatoms. The Hall–Kier alpha value is -1.10. The molecule has 98 valence electrons. The van der Waals surface area contributed by atoms with E-state index in [1.165, 1.54) is 4.90 Å². The highest BCUT2D eigenvalue weighted by atomic mass is 16.4. The van der Waals surface area contributed by atoms with Crippen LogP contribution in [0.4, 0.5) is 0 Å². The average Bonchev–Trinajstić information content (AvgIpc) is 2.80. The van der Waals surface area contributed by atoms with Crippen molar-refractivity contribution in [3.63, 3.8) is 0 Å². The lowest BCUT2D eigenvalue weighted by Gasteiger charge is -2.30. The Bertz CT molecular complexity index is 271. The van der Waals surface area contributed by atoms with Gasteiger partial charge in [-0.3, -0.25) is 9.59 Å². The van der Waals surface area contributed by atoms with E-state index in [0.29, 0.717) is 6.42 Å². The summed E-state index contributed by atoms with van der Waals surface area (Å²) in [6.45, 7) is 2.00. The molecule has 0 radical (unpaired) electrons. The van der Waals surface area contributed by atoms with Gasteiger partial charge in [0.1, 0.15) is 6.54 Å². The van der Waals surface area contributed by atoms with E-state index in [1.54, 1.807) is 0 Å². The van der Waals surface area contributed by atoms with Crippen LogP contribution in [0.15, 0.2) is 0 Å². The topological polar surface area (TPSA) is 83.6 Å². The summed E-state index contributed by atoms with van der Waals surface area (Å²) in [7, 11) is 0. The highest BCUT2D eigenvalue weighted by molar-refractivity contribution is 5.83. The molecule has 1 amide bonds. The van der Waals surface area contributed by atoms with Crippen molar-refractivity contribution < 1.29 is 14.7 Å². The third-order valence-corrected chi connectivity index (χ3v) is 3.48. The van der Waals surface area contributed by atoms with Gasteiger partial charge in [0.05, 0.1) is 5.92 Å². The van der Waals surface area contributed by atoms with Gasteiger partial charge >= 0.3 is 5.97 Å². The van der Waals surface area contributed by atoms with Crippen LogP contribution in [0.5, 0.6) is 0 Å². The molecular weight excluding hydrogens is 220 g/mol. The highest BCUT2D eigenvalue weighted by Gasteiger charge is 2.31. The van der Waals surface area contributed by atoms with Crippen molar-refractivity contribution in [3.8, 4) is 0 Å². The highest BCUT2D eigenvalue weighted by Crippen LogP contribution is 2.25. The lowest BCUT2D eigenvalue weighted by atomic mass is 10.0.